The Hall–Kier alpha value is -1.19. The van der Waals surface area contributed by atoms with Crippen molar-refractivity contribution in [2.24, 2.45) is 0 Å². The van der Waals surface area contributed by atoms with Gasteiger partial charge in [-0.25, -0.2) is 0 Å². The second-order valence-electron chi connectivity index (χ2n) is 5.15. The van der Waals surface area contributed by atoms with Gasteiger partial charge in [0.25, 0.3) is 0 Å². The molecule has 2 atom stereocenters. The number of fused-ring (bicyclic) bond motifs is 1. The van der Waals surface area contributed by atoms with Crippen molar-refractivity contribution >= 4 is 11.3 Å². The Labute approximate surface area is 118 Å². The van der Waals surface area contributed by atoms with E-state index in [0.29, 0.717) is 0 Å². The monoisotopic (exact) mass is 273 g/mol. The summed E-state index contributed by atoms with van der Waals surface area (Å²) in [7, 11) is 0. The van der Waals surface area contributed by atoms with E-state index >= 15 is 0 Å². The topological polar surface area (TPSA) is 33.1 Å². The van der Waals surface area contributed by atoms with Gasteiger partial charge in [0.1, 0.15) is 0 Å². The van der Waals surface area contributed by atoms with Crippen LogP contribution in [0.25, 0.3) is 0 Å². The molecule has 0 aliphatic heterocycles. The molecule has 19 heavy (non-hydrogen) atoms. The smallest absolute Gasteiger partial charge is 0.0965 e. The second kappa shape index (κ2) is 5.43. The van der Waals surface area contributed by atoms with Gasteiger partial charge in [-0.2, -0.15) is 0 Å². The minimum Gasteiger partial charge on any atom is -0.387 e. The highest BCUT2D eigenvalue weighted by atomic mass is 32.1. The average molecular weight is 273 g/mol. The van der Waals surface area contributed by atoms with Crippen LogP contribution in [-0.4, -0.2) is 10.1 Å². The quantitative estimate of drug-likeness (QED) is 0.921. The first-order valence-corrected chi connectivity index (χ1v) is 7.81. The van der Waals surface area contributed by atoms with Crippen molar-refractivity contribution in [3.8, 4) is 0 Å². The molecule has 0 aromatic carbocycles. The van der Waals surface area contributed by atoms with E-state index in [-0.39, 0.29) is 5.92 Å². The van der Waals surface area contributed by atoms with Gasteiger partial charge in [0, 0.05) is 27.6 Å². The SMILES string of the molecule is CCc1ccc(C(O)C2CCCc3cccnc32)s1. The first kappa shape index (κ1) is 12.8. The highest BCUT2D eigenvalue weighted by molar-refractivity contribution is 7.12. The summed E-state index contributed by atoms with van der Waals surface area (Å²) in [6, 6.07) is 8.35. The van der Waals surface area contributed by atoms with E-state index in [0.717, 1.165) is 36.3 Å². The number of aliphatic hydroxyl groups excluding tert-OH is 1. The van der Waals surface area contributed by atoms with Crippen LogP contribution in [0.3, 0.4) is 0 Å². The summed E-state index contributed by atoms with van der Waals surface area (Å²) in [5.41, 5.74) is 2.41. The molecule has 2 nitrogen and oxygen atoms in total. The number of pyridine rings is 1. The van der Waals surface area contributed by atoms with Gasteiger partial charge < -0.3 is 5.11 Å². The van der Waals surface area contributed by atoms with Gasteiger partial charge in [-0.15, -0.1) is 11.3 Å². The first-order chi connectivity index (χ1) is 9.29. The Kier molecular flexibility index (Phi) is 3.67. The van der Waals surface area contributed by atoms with Gasteiger partial charge in [0.15, 0.2) is 0 Å². The maximum absolute atomic E-state index is 10.7. The molecule has 1 aliphatic carbocycles. The Morgan fingerprint density at radius 1 is 1.42 bits per heavy atom. The first-order valence-electron chi connectivity index (χ1n) is 7.00. The standard InChI is InChI=1S/C16H19NOS/c1-2-12-8-9-14(19-12)16(18)13-7-3-5-11-6-4-10-17-15(11)13/h4,6,8-10,13,16,18H,2-3,5,7H2,1H3. The van der Waals surface area contributed by atoms with Crippen LogP contribution in [0.1, 0.15) is 52.8 Å². The predicted molar refractivity (Wildman–Crippen MR) is 78.6 cm³/mol. The Balaban J connectivity index is 1.90. The summed E-state index contributed by atoms with van der Waals surface area (Å²) in [6.07, 6.45) is 5.75. The Morgan fingerprint density at radius 2 is 2.32 bits per heavy atom. The predicted octanol–water partition coefficient (Wildman–Crippen LogP) is 3.86. The Bertz CT molecular complexity index is 563. The van der Waals surface area contributed by atoms with Crippen molar-refractivity contribution < 1.29 is 5.11 Å². The third-order valence-corrected chi connectivity index (χ3v) is 5.24. The van der Waals surface area contributed by atoms with E-state index in [1.54, 1.807) is 11.3 Å². The van der Waals surface area contributed by atoms with Gasteiger partial charge in [-0.1, -0.05) is 13.0 Å². The van der Waals surface area contributed by atoms with E-state index in [9.17, 15) is 5.11 Å². The number of hydrogen-bond acceptors (Lipinski definition) is 3. The van der Waals surface area contributed by atoms with Gasteiger partial charge in [0.2, 0.25) is 0 Å². The molecule has 0 fully saturated rings. The largest absolute Gasteiger partial charge is 0.387 e. The molecule has 2 aromatic heterocycles. The maximum atomic E-state index is 10.7. The summed E-state index contributed by atoms with van der Waals surface area (Å²) in [4.78, 5) is 6.94. The minimum atomic E-state index is -0.403. The van der Waals surface area contributed by atoms with E-state index in [4.69, 9.17) is 0 Å². The molecule has 0 amide bonds. The molecule has 3 rings (SSSR count). The van der Waals surface area contributed by atoms with Crippen LogP contribution >= 0.6 is 11.3 Å². The van der Waals surface area contributed by atoms with Gasteiger partial charge in [0.05, 0.1) is 6.10 Å². The summed E-state index contributed by atoms with van der Waals surface area (Å²) in [5, 5.41) is 10.7. The lowest BCUT2D eigenvalue weighted by atomic mass is 9.83. The van der Waals surface area contributed by atoms with E-state index in [1.807, 2.05) is 12.3 Å². The molecular weight excluding hydrogens is 254 g/mol. The van der Waals surface area contributed by atoms with Crippen LogP contribution in [-0.2, 0) is 12.8 Å². The summed E-state index contributed by atoms with van der Waals surface area (Å²) < 4.78 is 0. The number of thiophene rings is 1. The fourth-order valence-corrected chi connectivity index (χ4v) is 3.90. The molecule has 2 unspecified atom stereocenters. The molecule has 3 heteroatoms. The fourth-order valence-electron chi connectivity index (χ4n) is 2.89. The molecular formula is C16H19NOS. The van der Waals surface area contributed by atoms with Crippen LogP contribution in [0.15, 0.2) is 30.5 Å². The highest BCUT2D eigenvalue weighted by Crippen LogP contribution is 2.41. The van der Waals surface area contributed by atoms with Crippen LogP contribution in [0, 0.1) is 0 Å². The molecule has 0 bridgehead atoms. The van der Waals surface area contributed by atoms with E-state index < -0.39 is 6.10 Å². The molecule has 0 saturated carbocycles. The van der Waals surface area contributed by atoms with E-state index in [1.165, 1.54) is 10.4 Å². The number of aromatic nitrogens is 1. The molecule has 2 heterocycles. The summed E-state index contributed by atoms with van der Waals surface area (Å²) >= 11 is 1.73. The lowest BCUT2D eigenvalue weighted by molar-refractivity contribution is 0.137. The lowest BCUT2D eigenvalue weighted by Gasteiger charge is -2.27. The molecule has 0 spiro atoms. The normalized spacial score (nSPS) is 20.0. The van der Waals surface area contributed by atoms with Crippen molar-refractivity contribution in [1.29, 1.82) is 0 Å². The molecule has 0 radical (unpaired) electrons. The van der Waals surface area contributed by atoms with Crippen molar-refractivity contribution in [2.75, 3.05) is 0 Å². The van der Waals surface area contributed by atoms with Crippen molar-refractivity contribution in [3.05, 3.63) is 51.5 Å². The zero-order valence-corrected chi connectivity index (χ0v) is 12.0. The summed E-state index contributed by atoms with van der Waals surface area (Å²) in [5.74, 6) is 0.160. The molecule has 1 aliphatic rings. The van der Waals surface area contributed by atoms with Gasteiger partial charge in [-0.05, 0) is 49.4 Å². The van der Waals surface area contributed by atoms with Crippen molar-refractivity contribution in [3.63, 3.8) is 0 Å². The molecule has 0 saturated heterocycles. The zero-order chi connectivity index (χ0) is 13.2. The second-order valence-corrected chi connectivity index (χ2v) is 6.35. The lowest BCUT2D eigenvalue weighted by Crippen LogP contribution is -2.17. The van der Waals surface area contributed by atoms with Crippen LogP contribution in [0.4, 0.5) is 0 Å². The van der Waals surface area contributed by atoms with Gasteiger partial charge >= 0.3 is 0 Å². The number of rotatable bonds is 3. The number of aliphatic hydroxyl groups is 1. The number of aryl methyl sites for hydroxylation is 2. The average Bonchev–Trinajstić information content (AvgIpc) is 2.95. The minimum absolute atomic E-state index is 0.160. The zero-order valence-electron chi connectivity index (χ0n) is 11.2. The molecule has 1 N–H and O–H groups in total. The van der Waals surface area contributed by atoms with Crippen LogP contribution in [0.5, 0.6) is 0 Å². The molecule has 2 aromatic rings. The third kappa shape index (κ3) is 2.45. The summed E-state index contributed by atoms with van der Waals surface area (Å²) in [6.45, 7) is 2.15. The van der Waals surface area contributed by atoms with E-state index in [2.05, 4.69) is 30.1 Å². The number of hydrogen-bond donors (Lipinski definition) is 1. The van der Waals surface area contributed by atoms with Crippen LogP contribution < -0.4 is 0 Å². The highest BCUT2D eigenvalue weighted by Gasteiger charge is 2.29. The van der Waals surface area contributed by atoms with Crippen molar-refractivity contribution in [2.45, 2.75) is 44.6 Å². The van der Waals surface area contributed by atoms with Gasteiger partial charge in [-0.3, -0.25) is 4.98 Å². The Morgan fingerprint density at radius 3 is 3.11 bits per heavy atom. The fraction of sp³-hybridized carbons (Fsp3) is 0.438. The number of nitrogens with zero attached hydrogens (tertiary/aromatic N) is 1. The maximum Gasteiger partial charge on any atom is 0.0965 e. The van der Waals surface area contributed by atoms with Crippen LogP contribution in [0.2, 0.25) is 0 Å². The third-order valence-electron chi connectivity index (χ3n) is 3.94. The molecule has 100 valence electrons. The van der Waals surface area contributed by atoms with Crippen molar-refractivity contribution in [1.82, 2.24) is 4.98 Å².